The molecule has 0 spiro atoms. The molecule has 7 heteroatoms. The summed E-state index contributed by atoms with van der Waals surface area (Å²) in [5.74, 6) is -0.769. The number of esters is 1. The van der Waals surface area contributed by atoms with Gasteiger partial charge in [-0.2, -0.15) is 13.2 Å². The Labute approximate surface area is 168 Å². The first-order chi connectivity index (χ1) is 12.9. The third-order valence-electron chi connectivity index (χ3n) is 7.05. The first-order valence-electron chi connectivity index (χ1n) is 10.8. The van der Waals surface area contributed by atoms with Crippen LogP contribution in [0.5, 0.6) is 0 Å². The molecule has 0 aliphatic heterocycles. The van der Waals surface area contributed by atoms with Crippen LogP contribution in [0.3, 0.4) is 0 Å². The van der Waals surface area contributed by atoms with E-state index >= 15 is 0 Å². The van der Waals surface area contributed by atoms with E-state index in [0.29, 0.717) is 29.0 Å². The fourth-order valence-corrected chi connectivity index (χ4v) is 11.5. The molecule has 0 aromatic heterocycles. The van der Waals surface area contributed by atoms with Crippen LogP contribution in [0.25, 0.3) is 0 Å². The van der Waals surface area contributed by atoms with Crippen molar-refractivity contribution in [2.24, 2.45) is 17.8 Å². The summed E-state index contributed by atoms with van der Waals surface area (Å²) in [6.07, 6.45) is 0.210. The molecule has 0 radical (unpaired) electrons. The molecular formula is C21H37F3O3Si. The van der Waals surface area contributed by atoms with Gasteiger partial charge in [-0.1, -0.05) is 60.8 Å². The molecule has 2 aliphatic carbocycles. The summed E-state index contributed by atoms with van der Waals surface area (Å²) in [7, 11) is -2.12. The van der Waals surface area contributed by atoms with Crippen LogP contribution in [0.4, 0.5) is 13.2 Å². The maximum Gasteiger partial charge on any atom is 0.422 e. The Kier molecular flexibility index (Phi) is 7.68. The summed E-state index contributed by atoms with van der Waals surface area (Å²) in [4.78, 5) is 12.4. The van der Waals surface area contributed by atoms with Crippen LogP contribution < -0.4 is 0 Å². The minimum Gasteiger partial charge on any atom is -0.456 e. The molecule has 28 heavy (non-hydrogen) atoms. The molecule has 2 fully saturated rings. The maximum atomic E-state index is 12.5. The molecule has 0 N–H and O–H groups in total. The minimum absolute atomic E-state index is 0.00589. The summed E-state index contributed by atoms with van der Waals surface area (Å²) in [5, 5.41) is 0. The highest BCUT2D eigenvalue weighted by molar-refractivity contribution is 6.77. The van der Waals surface area contributed by atoms with Crippen molar-refractivity contribution in [3.05, 3.63) is 0 Å². The van der Waals surface area contributed by atoms with E-state index < -0.39 is 33.0 Å². The molecular weight excluding hydrogens is 385 g/mol. The normalized spacial score (nSPS) is 28.9. The van der Waals surface area contributed by atoms with E-state index in [9.17, 15) is 18.0 Å². The van der Waals surface area contributed by atoms with Gasteiger partial charge in [0.15, 0.2) is 6.61 Å². The first-order valence-corrected chi connectivity index (χ1v) is 12.9. The average Bonchev–Trinajstić information content (AvgIpc) is 2.68. The molecule has 4 atom stereocenters. The fourth-order valence-electron chi connectivity index (χ4n) is 5.91. The van der Waals surface area contributed by atoms with E-state index in [1.807, 2.05) is 0 Å². The monoisotopic (exact) mass is 422 g/mol. The summed E-state index contributed by atoms with van der Waals surface area (Å²) in [5.41, 5.74) is 1.31. The van der Waals surface area contributed by atoms with E-state index in [-0.39, 0.29) is 12.0 Å². The molecule has 0 aromatic rings. The quantitative estimate of drug-likeness (QED) is 0.348. The lowest BCUT2D eigenvalue weighted by molar-refractivity contribution is -0.197. The number of hydrogen-bond acceptors (Lipinski definition) is 3. The number of hydrogen-bond donors (Lipinski definition) is 0. The second-order valence-corrected chi connectivity index (χ2v) is 15.1. The van der Waals surface area contributed by atoms with Crippen LogP contribution in [0, 0.1) is 17.8 Å². The Morgan fingerprint density at radius 2 is 1.54 bits per heavy atom. The largest absolute Gasteiger partial charge is 0.456 e. The van der Waals surface area contributed by atoms with Gasteiger partial charge in [0.1, 0.15) is 0 Å². The van der Waals surface area contributed by atoms with Gasteiger partial charge in [-0.05, 0) is 41.3 Å². The Morgan fingerprint density at radius 1 is 1.00 bits per heavy atom. The molecule has 0 aromatic carbocycles. The van der Waals surface area contributed by atoms with Crippen LogP contribution in [0.2, 0.25) is 16.6 Å². The summed E-state index contributed by atoms with van der Waals surface area (Å²) in [6, 6.07) is 0. The van der Waals surface area contributed by atoms with Gasteiger partial charge in [-0.25, -0.2) is 0 Å². The van der Waals surface area contributed by atoms with Gasteiger partial charge in [-0.3, -0.25) is 4.79 Å². The number of carbonyl (C=O) groups excluding carboxylic acids is 1. The van der Waals surface area contributed by atoms with Crippen LogP contribution in [0.15, 0.2) is 0 Å². The third kappa shape index (κ3) is 4.94. The first kappa shape index (κ1) is 23.7. The van der Waals surface area contributed by atoms with Crippen molar-refractivity contribution >= 4 is 14.3 Å². The smallest absolute Gasteiger partial charge is 0.422 e. The maximum absolute atomic E-state index is 12.5. The molecule has 2 aliphatic rings. The highest BCUT2D eigenvalue weighted by Crippen LogP contribution is 2.53. The number of rotatable bonds is 7. The van der Waals surface area contributed by atoms with Crippen molar-refractivity contribution in [2.75, 3.05) is 6.61 Å². The van der Waals surface area contributed by atoms with E-state index in [2.05, 4.69) is 46.3 Å². The summed E-state index contributed by atoms with van der Waals surface area (Å²) < 4.78 is 49.0. The standard InChI is InChI=1S/C21H37F3O3Si/c1-13(2)28(14(3)4,15(5)6)27-18-10-8-7-9-16-11-17(19(16)18)20(25)26-12-21(22,23)24/h13-19H,7-12H2,1-6H3/t16-,17+,18+,19?/m0/s1. The van der Waals surface area contributed by atoms with E-state index in [1.54, 1.807) is 0 Å². The lowest BCUT2D eigenvalue weighted by Crippen LogP contribution is -2.56. The topological polar surface area (TPSA) is 35.5 Å². The van der Waals surface area contributed by atoms with Gasteiger partial charge in [-0.15, -0.1) is 0 Å². The molecule has 0 heterocycles. The predicted molar refractivity (Wildman–Crippen MR) is 106 cm³/mol. The number of fused-ring (bicyclic) bond motifs is 1. The second-order valence-electron chi connectivity index (χ2n) is 9.66. The third-order valence-corrected chi connectivity index (χ3v) is 13.2. The zero-order valence-corrected chi connectivity index (χ0v) is 19.1. The van der Waals surface area contributed by atoms with Crippen molar-refractivity contribution < 1.29 is 27.1 Å². The fraction of sp³-hybridized carbons (Fsp3) is 0.952. The highest BCUT2D eigenvalue weighted by Gasteiger charge is 2.54. The number of carbonyl (C=O) groups is 1. The molecule has 164 valence electrons. The molecule has 2 saturated carbocycles. The van der Waals surface area contributed by atoms with Gasteiger partial charge in [0.25, 0.3) is 0 Å². The number of ether oxygens (including phenoxy) is 1. The van der Waals surface area contributed by atoms with Crippen molar-refractivity contribution in [3.8, 4) is 0 Å². The Balaban J connectivity index is 2.20. The Bertz CT molecular complexity index is 512. The molecule has 3 nitrogen and oxygen atoms in total. The zero-order valence-electron chi connectivity index (χ0n) is 18.1. The van der Waals surface area contributed by atoms with E-state index in [1.165, 1.54) is 0 Å². The van der Waals surface area contributed by atoms with Gasteiger partial charge in [0.05, 0.1) is 5.92 Å². The van der Waals surface area contributed by atoms with Gasteiger partial charge in [0, 0.05) is 6.10 Å². The van der Waals surface area contributed by atoms with Gasteiger partial charge >= 0.3 is 12.1 Å². The van der Waals surface area contributed by atoms with Crippen molar-refractivity contribution in [1.29, 1.82) is 0 Å². The Morgan fingerprint density at radius 3 is 2.04 bits per heavy atom. The number of alkyl halides is 3. The molecule has 2 rings (SSSR count). The van der Waals surface area contributed by atoms with Crippen LogP contribution in [0.1, 0.15) is 73.6 Å². The lowest BCUT2D eigenvalue weighted by atomic mass is 9.61. The summed E-state index contributed by atoms with van der Waals surface area (Å²) >= 11 is 0. The van der Waals surface area contributed by atoms with Gasteiger partial charge < -0.3 is 9.16 Å². The average molecular weight is 423 g/mol. The van der Waals surface area contributed by atoms with Crippen LogP contribution in [-0.2, 0) is 14.0 Å². The zero-order chi connectivity index (χ0) is 21.3. The molecule has 0 saturated heterocycles. The number of halogens is 3. The van der Waals surface area contributed by atoms with E-state index in [4.69, 9.17) is 4.43 Å². The predicted octanol–water partition coefficient (Wildman–Crippen LogP) is 6.48. The summed E-state index contributed by atoms with van der Waals surface area (Å²) in [6.45, 7) is 11.9. The van der Waals surface area contributed by atoms with E-state index in [0.717, 1.165) is 25.7 Å². The SMILES string of the molecule is CC(C)[Si](O[C@@H]1CCCC[C@H]2C[C@@H](C(=O)OCC(F)(F)F)C21)(C(C)C)C(C)C. The van der Waals surface area contributed by atoms with Gasteiger partial charge in [0.2, 0.25) is 8.32 Å². The van der Waals surface area contributed by atoms with Crippen molar-refractivity contribution in [1.82, 2.24) is 0 Å². The second kappa shape index (κ2) is 9.07. The van der Waals surface area contributed by atoms with Crippen LogP contribution in [-0.4, -0.2) is 33.2 Å². The van der Waals surface area contributed by atoms with Crippen LogP contribution >= 0.6 is 0 Å². The minimum atomic E-state index is -4.48. The molecule has 1 unspecified atom stereocenters. The Hall–Kier alpha value is -0.563. The molecule has 0 bridgehead atoms. The van der Waals surface area contributed by atoms with Crippen molar-refractivity contribution in [2.45, 2.75) is 103 Å². The van der Waals surface area contributed by atoms with Crippen molar-refractivity contribution in [3.63, 3.8) is 0 Å². The lowest BCUT2D eigenvalue weighted by Gasteiger charge is -2.51. The highest BCUT2D eigenvalue weighted by atomic mass is 28.4. The molecule has 0 amide bonds.